The van der Waals surface area contributed by atoms with Crippen LogP contribution in [0.25, 0.3) is 16.5 Å². The van der Waals surface area contributed by atoms with E-state index in [4.69, 9.17) is 0 Å². The summed E-state index contributed by atoms with van der Waals surface area (Å²) in [6.07, 6.45) is 3.54. The lowest BCUT2D eigenvalue weighted by atomic mass is 10.1. The Kier molecular flexibility index (Phi) is 2.58. The van der Waals surface area contributed by atoms with Crippen LogP contribution in [0, 0.1) is 5.92 Å². The Morgan fingerprint density at radius 3 is 2.83 bits per heavy atom. The summed E-state index contributed by atoms with van der Waals surface area (Å²) in [5, 5.41) is 1.14. The molecule has 0 radical (unpaired) electrons. The highest BCUT2D eigenvalue weighted by atomic mass is 16.1. The summed E-state index contributed by atoms with van der Waals surface area (Å²) < 4.78 is 2.16. The number of carbonyl (C=O) groups excluding carboxylic acids is 1. The Bertz CT molecular complexity index is 632. The minimum absolute atomic E-state index is 0.757. The molecule has 1 aliphatic carbocycles. The Hall–Kier alpha value is -1.83. The number of rotatable bonds is 4. The molecule has 0 N–H and O–H groups in total. The van der Waals surface area contributed by atoms with E-state index in [-0.39, 0.29) is 0 Å². The molecule has 0 atom stereocenters. The zero-order valence-electron chi connectivity index (χ0n) is 10.6. The van der Waals surface area contributed by atoms with Gasteiger partial charge in [-0.1, -0.05) is 24.3 Å². The number of aromatic nitrogens is 1. The van der Waals surface area contributed by atoms with Gasteiger partial charge in [0.15, 0.2) is 6.29 Å². The fraction of sp³-hybridized carbons (Fsp3) is 0.312. The molecule has 18 heavy (non-hydrogen) atoms. The van der Waals surface area contributed by atoms with E-state index < -0.39 is 0 Å². The number of hydrogen-bond donors (Lipinski definition) is 0. The SMILES string of the molecule is C=C(C)c1ccc2cc(C=O)n(CC3CC3)c2c1. The van der Waals surface area contributed by atoms with E-state index >= 15 is 0 Å². The number of benzene rings is 1. The topological polar surface area (TPSA) is 22.0 Å². The maximum Gasteiger partial charge on any atom is 0.166 e. The molecule has 2 heteroatoms. The van der Waals surface area contributed by atoms with Crippen LogP contribution in [-0.4, -0.2) is 10.9 Å². The van der Waals surface area contributed by atoms with Gasteiger partial charge in [0.2, 0.25) is 0 Å². The summed E-state index contributed by atoms with van der Waals surface area (Å²) >= 11 is 0. The largest absolute Gasteiger partial charge is 0.338 e. The Morgan fingerprint density at radius 2 is 2.22 bits per heavy atom. The summed E-state index contributed by atoms with van der Waals surface area (Å²) in [4.78, 5) is 11.2. The van der Waals surface area contributed by atoms with Crippen molar-refractivity contribution in [3.8, 4) is 0 Å². The number of aldehydes is 1. The third kappa shape index (κ3) is 1.88. The average Bonchev–Trinajstić information content (AvgIpc) is 3.10. The molecule has 0 bridgehead atoms. The van der Waals surface area contributed by atoms with Crippen LogP contribution in [0.2, 0.25) is 0 Å². The fourth-order valence-electron chi connectivity index (χ4n) is 2.40. The summed E-state index contributed by atoms with van der Waals surface area (Å²) in [7, 11) is 0. The lowest BCUT2D eigenvalue weighted by Gasteiger charge is -2.07. The molecule has 1 saturated carbocycles. The molecule has 1 heterocycles. The zero-order valence-corrected chi connectivity index (χ0v) is 10.6. The van der Waals surface area contributed by atoms with Crippen LogP contribution in [0.3, 0.4) is 0 Å². The third-order valence-electron chi connectivity index (χ3n) is 3.69. The average molecular weight is 239 g/mol. The maximum atomic E-state index is 11.2. The first-order chi connectivity index (χ1) is 8.69. The van der Waals surface area contributed by atoms with Crippen molar-refractivity contribution in [1.82, 2.24) is 4.57 Å². The van der Waals surface area contributed by atoms with Crippen molar-refractivity contribution in [3.63, 3.8) is 0 Å². The van der Waals surface area contributed by atoms with Crippen molar-refractivity contribution in [2.45, 2.75) is 26.3 Å². The Morgan fingerprint density at radius 1 is 1.44 bits per heavy atom. The van der Waals surface area contributed by atoms with E-state index in [2.05, 4.69) is 29.3 Å². The van der Waals surface area contributed by atoms with E-state index in [9.17, 15) is 4.79 Å². The van der Waals surface area contributed by atoms with Gasteiger partial charge in [0.1, 0.15) is 0 Å². The molecular weight excluding hydrogens is 222 g/mol. The molecule has 1 aromatic heterocycles. The number of carbonyl (C=O) groups is 1. The minimum Gasteiger partial charge on any atom is -0.338 e. The van der Waals surface area contributed by atoms with E-state index in [1.54, 1.807) is 0 Å². The molecule has 1 fully saturated rings. The quantitative estimate of drug-likeness (QED) is 0.742. The molecule has 1 aliphatic rings. The Labute approximate surface area is 107 Å². The first kappa shape index (κ1) is 11.3. The van der Waals surface area contributed by atoms with E-state index in [1.165, 1.54) is 12.8 Å². The standard InChI is InChI=1S/C16H17NO/c1-11(2)13-5-6-14-7-15(10-18)17(16(14)8-13)9-12-3-4-12/h5-8,10,12H,1,3-4,9H2,2H3. The summed E-state index contributed by atoms with van der Waals surface area (Å²) in [5.41, 5.74) is 4.15. The van der Waals surface area contributed by atoms with E-state index in [0.29, 0.717) is 0 Å². The highest BCUT2D eigenvalue weighted by molar-refractivity contribution is 5.90. The van der Waals surface area contributed by atoms with Crippen molar-refractivity contribution >= 4 is 22.8 Å². The van der Waals surface area contributed by atoms with E-state index in [0.717, 1.165) is 46.5 Å². The van der Waals surface area contributed by atoms with Gasteiger partial charge >= 0.3 is 0 Å². The number of allylic oxidation sites excluding steroid dienone is 1. The first-order valence-electron chi connectivity index (χ1n) is 6.43. The minimum atomic E-state index is 0.757. The molecule has 2 aromatic rings. The van der Waals surface area contributed by atoms with Gasteiger partial charge in [0, 0.05) is 17.4 Å². The highest BCUT2D eigenvalue weighted by Gasteiger charge is 2.23. The van der Waals surface area contributed by atoms with Crippen LogP contribution >= 0.6 is 0 Å². The van der Waals surface area contributed by atoms with Gasteiger partial charge in [-0.2, -0.15) is 0 Å². The molecule has 1 aromatic carbocycles. The molecule has 0 unspecified atom stereocenters. The van der Waals surface area contributed by atoms with Crippen LogP contribution < -0.4 is 0 Å². The second kappa shape index (κ2) is 4.13. The van der Waals surface area contributed by atoms with Crippen molar-refractivity contribution < 1.29 is 4.79 Å². The second-order valence-corrected chi connectivity index (χ2v) is 5.29. The van der Waals surface area contributed by atoms with Gasteiger partial charge in [-0.05, 0) is 43.4 Å². The normalized spacial score (nSPS) is 14.9. The van der Waals surface area contributed by atoms with Crippen LogP contribution in [0.4, 0.5) is 0 Å². The lowest BCUT2D eigenvalue weighted by molar-refractivity contribution is 0.111. The van der Waals surface area contributed by atoms with Crippen molar-refractivity contribution in [2.24, 2.45) is 5.92 Å². The fourth-order valence-corrected chi connectivity index (χ4v) is 2.40. The molecule has 3 rings (SSSR count). The highest BCUT2D eigenvalue weighted by Crippen LogP contribution is 2.33. The predicted octanol–water partition coefficient (Wildman–Crippen LogP) is 3.90. The van der Waals surface area contributed by atoms with Crippen LogP contribution in [0.1, 0.15) is 35.8 Å². The monoisotopic (exact) mass is 239 g/mol. The number of nitrogens with zero attached hydrogens (tertiary/aromatic N) is 1. The van der Waals surface area contributed by atoms with Crippen molar-refractivity contribution in [1.29, 1.82) is 0 Å². The lowest BCUT2D eigenvalue weighted by Crippen LogP contribution is -2.03. The van der Waals surface area contributed by atoms with Gasteiger partial charge in [0.25, 0.3) is 0 Å². The Balaban J connectivity index is 2.17. The number of hydrogen-bond acceptors (Lipinski definition) is 1. The van der Waals surface area contributed by atoms with Crippen LogP contribution in [0.5, 0.6) is 0 Å². The molecule has 92 valence electrons. The molecule has 0 amide bonds. The van der Waals surface area contributed by atoms with Gasteiger partial charge in [-0.3, -0.25) is 4.79 Å². The summed E-state index contributed by atoms with van der Waals surface area (Å²) in [5.74, 6) is 0.757. The van der Waals surface area contributed by atoms with Gasteiger partial charge in [0.05, 0.1) is 5.69 Å². The summed E-state index contributed by atoms with van der Waals surface area (Å²) in [6.45, 7) is 6.96. The molecule has 2 nitrogen and oxygen atoms in total. The molecular formula is C16H17NO. The smallest absolute Gasteiger partial charge is 0.166 e. The zero-order chi connectivity index (χ0) is 12.7. The van der Waals surface area contributed by atoms with Gasteiger partial charge in [-0.25, -0.2) is 0 Å². The van der Waals surface area contributed by atoms with Gasteiger partial charge < -0.3 is 4.57 Å². The van der Waals surface area contributed by atoms with Gasteiger partial charge in [-0.15, -0.1) is 0 Å². The predicted molar refractivity (Wildman–Crippen MR) is 74.8 cm³/mol. The second-order valence-electron chi connectivity index (χ2n) is 5.29. The molecule has 0 aliphatic heterocycles. The van der Waals surface area contributed by atoms with Crippen LogP contribution in [0.15, 0.2) is 30.8 Å². The molecule has 0 spiro atoms. The third-order valence-corrected chi connectivity index (χ3v) is 3.69. The molecule has 0 saturated heterocycles. The number of fused-ring (bicyclic) bond motifs is 1. The van der Waals surface area contributed by atoms with Crippen molar-refractivity contribution in [3.05, 3.63) is 42.1 Å². The summed E-state index contributed by atoms with van der Waals surface area (Å²) in [6, 6.07) is 8.27. The van der Waals surface area contributed by atoms with E-state index in [1.807, 2.05) is 13.0 Å². The van der Waals surface area contributed by atoms with Crippen molar-refractivity contribution in [2.75, 3.05) is 0 Å². The maximum absolute atomic E-state index is 11.2. The van der Waals surface area contributed by atoms with Crippen LogP contribution in [-0.2, 0) is 6.54 Å². The first-order valence-corrected chi connectivity index (χ1v) is 6.43.